The van der Waals surface area contributed by atoms with Gasteiger partial charge in [-0.15, -0.1) is 0 Å². The molecule has 1 saturated heterocycles. The Kier molecular flexibility index (Phi) is 5.43. The molecule has 1 fully saturated rings. The molecule has 3 rings (SSSR count). The molecular formula is C17H21Cl2N5. The van der Waals surface area contributed by atoms with Crippen LogP contribution < -0.4 is 10.2 Å². The number of hydrogen-bond donors (Lipinski definition) is 1. The third kappa shape index (κ3) is 4.09. The van der Waals surface area contributed by atoms with Crippen molar-refractivity contribution in [2.45, 2.75) is 13.8 Å². The number of nitrogens with one attached hydrogen (secondary N) is 1. The van der Waals surface area contributed by atoms with Crippen LogP contribution >= 0.6 is 23.2 Å². The van der Waals surface area contributed by atoms with E-state index in [-0.39, 0.29) is 0 Å². The molecule has 2 heterocycles. The fraction of sp³-hybridized carbons (Fsp3) is 0.412. The molecule has 1 aromatic carbocycles. The van der Waals surface area contributed by atoms with Gasteiger partial charge >= 0.3 is 0 Å². The Morgan fingerprint density at radius 3 is 2.50 bits per heavy atom. The van der Waals surface area contributed by atoms with Gasteiger partial charge in [-0.3, -0.25) is 0 Å². The SMILES string of the molecule is CCN1CCN(c2cc(Nc3ccc(Cl)cc3Cl)nc(C)n2)CC1. The number of anilines is 3. The highest BCUT2D eigenvalue weighted by atomic mass is 35.5. The molecule has 24 heavy (non-hydrogen) atoms. The lowest BCUT2D eigenvalue weighted by Crippen LogP contribution is -2.46. The molecule has 0 saturated carbocycles. The number of halogens is 2. The van der Waals surface area contributed by atoms with Crippen molar-refractivity contribution in [3.05, 3.63) is 40.1 Å². The molecule has 0 amide bonds. The van der Waals surface area contributed by atoms with E-state index in [1.165, 1.54) is 0 Å². The number of aryl methyl sites for hydroxylation is 1. The molecule has 1 aromatic heterocycles. The van der Waals surface area contributed by atoms with Crippen molar-refractivity contribution in [2.24, 2.45) is 0 Å². The Balaban J connectivity index is 1.79. The van der Waals surface area contributed by atoms with E-state index in [9.17, 15) is 0 Å². The highest BCUT2D eigenvalue weighted by Crippen LogP contribution is 2.28. The first-order valence-corrected chi connectivity index (χ1v) is 8.86. The predicted molar refractivity (Wildman–Crippen MR) is 101 cm³/mol. The highest BCUT2D eigenvalue weighted by molar-refractivity contribution is 6.36. The molecule has 0 bridgehead atoms. The van der Waals surface area contributed by atoms with Gasteiger partial charge in [-0.25, -0.2) is 9.97 Å². The van der Waals surface area contributed by atoms with Crippen LogP contribution in [0.25, 0.3) is 0 Å². The average Bonchev–Trinajstić information content (AvgIpc) is 2.57. The fourth-order valence-corrected chi connectivity index (χ4v) is 3.26. The minimum Gasteiger partial charge on any atom is -0.354 e. The van der Waals surface area contributed by atoms with E-state index in [4.69, 9.17) is 23.2 Å². The van der Waals surface area contributed by atoms with Gasteiger partial charge in [0.15, 0.2) is 0 Å². The van der Waals surface area contributed by atoms with Crippen LogP contribution in [0, 0.1) is 6.92 Å². The molecule has 1 aliphatic heterocycles. The average molecular weight is 366 g/mol. The van der Waals surface area contributed by atoms with Crippen LogP contribution in [0.3, 0.4) is 0 Å². The maximum Gasteiger partial charge on any atom is 0.136 e. The summed E-state index contributed by atoms with van der Waals surface area (Å²) in [6, 6.07) is 7.33. The van der Waals surface area contributed by atoms with Crippen LogP contribution in [0.5, 0.6) is 0 Å². The van der Waals surface area contributed by atoms with Gasteiger partial charge in [-0.05, 0) is 31.7 Å². The van der Waals surface area contributed by atoms with Crippen molar-refractivity contribution in [1.82, 2.24) is 14.9 Å². The summed E-state index contributed by atoms with van der Waals surface area (Å²) in [5.74, 6) is 2.42. The van der Waals surface area contributed by atoms with Crippen LogP contribution in [0.15, 0.2) is 24.3 Å². The van der Waals surface area contributed by atoms with Crippen molar-refractivity contribution < 1.29 is 0 Å². The lowest BCUT2D eigenvalue weighted by Gasteiger charge is -2.34. The van der Waals surface area contributed by atoms with Crippen LogP contribution in [0.4, 0.5) is 17.3 Å². The van der Waals surface area contributed by atoms with Gasteiger partial charge in [0.2, 0.25) is 0 Å². The minimum atomic E-state index is 0.567. The number of hydrogen-bond acceptors (Lipinski definition) is 5. The van der Waals surface area contributed by atoms with Crippen molar-refractivity contribution in [1.29, 1.82) is 0 Å². The van der Waals surface area contributed by atoms with Crippen LogP contribution in [-0.4, -0.2) is 47.6 Å². The zero-order valence-corrected chi connectivity index (χ0v) is 15.4. The molecule has 0 aliphatic carbocycles. The van der Waals surface area contributed by atoms with Crippen molar-refractivity contribution in [3.8, 4) is 0 Å². The second-order valence-electron chi connectivity index (χ2n) is 5.83. The molecule has 128 valence electrons. The van der Waals surface area contributed by atoms with E-state index in [0.717, 1.165) is 55.9 Å². The minimum absolute atomic E-state index is 0.567. The smallest absolute Gasteiger partial charge is 0.136 e. The Bertz CT molecular complexity index is 714. The first kappa shape index (κ1) is 17.3. The van der Waals surface area contributed by atoms with E-state index in [0.29, 0.717) is 10.0 Å². The predicted octanol–water partition coefficient (Wildman–Crippen LogP) is 3.98. The molecular weight excluding hydrogens is 345 g/mol. The lowest BCUT2D eigenvalue weighted by molar-refractivity contribution is 0.270. The first-order chi connectivity index (χ1) is 11.5. The maximum atomic E-state index is 6.23. The van der Waals surface area contributed by atoms with Crippen molar-refractivity contribution >= 4 is 40.5 Å². The number of piperazine rings is 1. The van der Waals surface area contributed by atoms with Gasteiger partial charge in [0, 0.05) is 37.3 Å². The summed E-state index contributed by atoms with van der Waals surface area (Å²) in [6.07, 6.45) is 0. The molecule has 2 aromatic rings. The van der Waals surface area contributed by atoms with Gasteiger partial charge in [-0.1, -0.05) is 30.1 Å². The van der Waals surface area contributed by atoms with Gasteiger partial charge in [0.1, 0.15) is 17.5 Å². The third-order valence-electron chi connectivity index (χ3n) is 4.16. The molecule has 1 aliphatic rings. The second-order valence-corrected chi connectivity index (χ2v) is 6.67. The van der Waals surface area contributed by atoms with Crippen molar-refractivity contribution in [3.63, 3.8) is 0 Å². The van der Waals surface area contributed by atoms with Crippen LogP contribution in [-0.2, 0) is 0 Å². The molecule has 0 unspecified atom stereocenters. The van der Waals surface area contributed by atoms with Crippen LogP contribution in [0.2, 0.25) is 10.0 Å². The summed E-state index contributed by atoms with van der Waals surface area (Å²) in [6.45, 7) is 9.27. The largest absolute Gasteiger partial charge is 0.354 e. The Hall–Kier alpha value is -1.56. The number of aromatic nitrogens is 2. The Morgan fingerprint density at radius 1 is 1.08 bits per heavy atom. The molecule has 0 radical (unpaired) electrons. The molecule has 7 heteroatoms. The summed E-state index contributed by atoms with van der Waals surface area (Å²) in [5.41, 5.74) is 0.779. The maximum absolute atomic E-state index is 6.23. The molecule has 1 N–H and O–H groups in total. The summed E-state index contributed by atoms with van der Waals surface area (Å²) >= 11 is 12.2. The van der Waals surface area contributed by atoms with Crippen LogP contribution in [0.1, 0.15) is 12.7 Å². The summed E-state index contributed by atoms with van der Waals surface area (Å²) in [4.78, 5) is 13.8. The van der Waals surface area contributed by atoms with E-state index < -0.39 is 0 Å². The fourth-order valence-electron chi connectivity index (χ4n) is 2.80. The Morgan fingerprint density at radius 2 is 1.83 bits per heavy atom. The normalized spacial score (nSPS) is 15.6. The molecule has 0 atom stereocenters. The van der Waals surface area contributed by atoms with E-state index in [1.54, 1.807) is 12.1 Å². The van der Waals surface area contributed by atoms with E-state index in [1.807, 2.05) is 19.1 Å². The zero-order valence-electron chi connectivity index (χ0n) is 13.9. The monoisotopic (exact) mass is 365 g/mol. The molecule has 0 spiro atoms. The second kappa shape index (κ2) is 7.55. The number of rotatable bonds is 4. The lowest BCUT2D eigenvalue weighted by atomic mass is 10.3. The topological polar surface area (TPSA) is 44.3 Å². The van der Waals surface area contributed by atoms with Crippen molar-refractivity contribution in [2.75, 3.05) is 42.9 Å². The standard InChI is InChI=1S/C17H21Cl2N5/c1-3-23-6-8-24(9-7-23)17-11-16(20-12(2)21-17)22-15-5-4-13(18)10-14(15)19/h4-5,10-11H,3,6-9H2,1-2H3,(H,20,21,22). The summed E-state index contributed by atoms with van der Waals surface area (Å²) in [7, 11) is 0. The van der Waals surface area contributed by atoms with Gasteiger partial charge in [-0.2, -0.15) is 0 Å². The number of benzene rings is 1. The quantitative estimate of drug-likeness (QED) is 0.887. The number of likely N-dealkylation sites (N-methyl/N-ethyl adjacent to an activating group) is 1. The summed E-state index contributed by atoms with van der Waals surface area (Å²) < 4.78 is 0. The molecule has 5 nitrogen and oxygen atoms in total. The van der Waals surface area contributed by atoms with E-state index in [2.05, 4.69) is 32.0 Å². The third-order valence-corrected chi connectivity index (χ3v) is 4.71. The van der Waals surface area contributed by atoms with Gasteiger partial charge in [0.05, 0.1) is 10.7 Å². The van der Waals surface area contributed by atoms with E-state index >= 15 is 0 Å². The Labute approximate surface area is 152 Å². The number of nitrogens with zero attached hydrogens (tertiary/aromatic N) is 4. The first-order valence-electron chi connectivity index (χ1n) is 8.10. The van der Waals surface area contributed by atoms with Gasteiger partial charge in [0.25, 0.3) is 0 Å². The van der Waals surface area contributed by atoms with Gasteiger partial charge < -0.3 is 15.1 Å². The highest BCUT2D eigenvalue weighted by Gasteiger charge is 2.18. The zero-order chi connectivity index (χ0) is 17.1. The summed E-state index contributed by atoms with van der Waals surface area (Å²) in [5, 5.41) is 4.44.